The Kier molecular flexibility index (Phi) is 12.2. The van der Waals surface area contributed by atoms with Crippen molar-refractivity contribution < 1.29 is 39.5 Å². The number of aliphatic carboxylic acids is 2. The zero-order chi connectivity index (χ0) is 24.8. The topological polar surface area (TPSA) is 146 Å². The van der Waals surface area contributed by atoms with Gasteiger partial charge >= 0.3 is 11.9 Å². The minimum Gasteiger partial charge on any atom is -0.508 e. The Morgan fingerprint density at radius 2 is 1.64 bits per heavy atom. The number of carbonyl (C=O) groups is 2. The van der Waals surface area contributed by atoms with Crippen LogP contribution in [0.1, 0.15) is 29.7 Å². The second-order valence-corrected chi connectivity index (χ2v) is 7.21. The molecular weight excluding hydrogens is 430 g/mol. The SMILES string of the molecule is COCc1cc(C(O)CNC(C)Cc2ccc(OC)cc2)ccc1O.O=C(O)C=CC(=O)O. The molecule has 2 aromatic rings. The molecule has 180 valence electrons. The van der Waals surface area contributed by atoms with Crippen molar-refractivity contribution in [3.8, 4) is 11.5 Å². The number of methoxy groups -OCH3 is 2. The van der Waals surface area contributed by atoms with Crippen LogP contribution in [0.4, 0.5) is 0 Å². The lowest BCUT2D eigenvalue weighted by molar-refractivity contribution is -0.134. The zero-order valence-electron chi connectivity index (χ0n) is 18.9. The van der Waals surface area contributed by atoms with Gasteiger partial charge in [-0.1, -0.05) is 18.2 Å². The van der Waals surface area contributed by atoms with Gasteiger partial charge in [-0.2, -0.15) is 0 Å². The van der Waals surface area contributed by atoms with Crippen molar-refractivity contribution in [2.75, 3.05) is 20.8 Å². The first-order chi connectivity index (χ1) is 15.7. The summed E-state index contributed by atoms with van der Waals surface area (Å²) in [4.78, 5) is 19.1. The zero-order valence-corrected chi connectivity index (χ0v) is 18.9. The molecule has 0 aliphatic rings. The molecule has 33 heavy (non-hydrogen) atoms. The molecule has 2 rings (SSSR count). The second kappa shape index (κ2) is 14.6. The van der Waals surface area contributed by atoms with E-state index in [-0.39, 0.29) is 11.8 Å². The molecule has 0 aromatic heterocycles. The normalized spacial score (nSPS) is 12.5. The van der Waals surface area contributed by atoms with Gasteiger partial charge in [-0.3, -0.25) is 0 Å². The average molecular weight is 462 g/mol. The van der Waals surface area contributed by atoms with Crippen molar-refractivity contribution in [1.29, 1.82) is 0 Å². The summed E-state index contributed by atoms with van der Waals surface area (Å²) in [6.07, 6.45) is 1.33. The molecule has 0 spiro atoms. The molecular formula is C24H31NO8. The molecule has 0 fully saturated rings. The molecule has 2 atom stereocenters. The van der Waals surface area contributed by atoms with Gasteiger partial charge in [0.05, 0.1) is 19.8 Å². The summed E-state index contributed by atoms with van der Waals surface area (Å²) in [5.74, 6) is -1.49. The minimum absolute atomic E-state index is 0.179. The summed E-state index contributed by atoms with van der Waals surface area (Å²) in [6.45, 7) is 2.84. The Labute approximate surface area is 192 Å². The van der Waals surface area contributed by atoms with Crippen LogP contribution in [0.3, 0.4) is 0 Å². The fourth-order valence-corrected chi connectivity index (χ4v) is 2.84. The highest BCUT2D eigenvalue weighted by molar-refractivity contribution is 5.89. The lowest BCUT2D eigenvalue weighted by Gasteiger charge is -2.18. The van der Waals surface area contributed by atoms with Crippen LogP contribution in [0.5, 0.6) is 11.5 Å². The molecule has 0 bridgehead atoms. The maximum absolute atomic E-state index is 10.4. The van der Waals surface area contributed by atoms with Crippen LogP contribution in [0, 0.1) is 0 Å². The van der Waals surface area contributed by atoms with E-state index in [1.54, 1.807) is 32.4 Å². The van der Waals surface area contributed by atoms with Crippen molar-refractivity contribution in [2.45, 2.75) is 32.1 Å². The van der Waals surface area contributed by atoms with Crippen molar-refractivity contribution in [2.24, 2.45) is 0 Å². The summed E-state index contributed by atoms with van der Waals surface area (Å²) in [6, 6.07) is 13.3. The predicted molar refractivity (Wildman–Crippen MR) is 122 cm³/mol. The molecule has 0 aliphatic carbocycles. The highest BCUT2D eigenvalue weighted by Gasteiger charge is 2.12. The van der Waals surface area contributed by atoms with Gasteiger partial charge in [0, 0.05) is 37.4 Å². The van der Waals surface area contributed by atoms with E-state index in [0.29, 0.717) is 30.9 Å². The number of hydrogen-bond donors (Lipinski definition) is 5. The monoisotopic (exact) mass is 461 g/mol. The molecule has 9 heteroatoms. The second-order valence-electron chi connectivity index (χ2n) is 7.21. The number of nitrogens with one attached hydrogen (secondary N) is 1. The molecule has 0 amide bonds. The van der Waals surface area contributed by atoms with Crippen LogP contribution in [-0.4, -0.2) is 59.2 Å². The highest BCUT2D eigenvalue weighted by Crippen LogP contribution is 2.23. The first-order valence-electron chi connectivity index (χ1n) is 10.1. The first kappa shape index (κ1) is 27.6. The van der Waals surface area contributed by atoms with Crippen LogP contribution in [-0.2, 0) is 27.4 Å². The molecule has 0 radical (unpaired) electrons. The Hall–Kier alpha value is -3.40. The predicted octanol–water partition coefficient (Wildman–Crippen LogP) is 2.51. The van der Waals surface area contributed by atoms with Gasteiger partial charge in [0.25, 0.3) is 0 Å². The number of aromatic hydroxyl groups is 1. The van der Waals surface area contributed by atoms with Gasteiger partial charge in [0.2, 0.25) is 0 Å². The van der Waals surface area contributed by atoms with E-state index in [2.05, 4.69) is 12.2 Å². The van der Waals surface area contributed by atoms with E-state index >= 15 is 0 Å². The summed E-state index contributed by atoms with van der Waals surface area (Å²) < 4.78 is 10.2. The number of aliphatic hydroxyl groups excluding tert-OH is 1. The fourth-order valence-electron chi connectivity index (χ4n) is 2.84. The van der Waals surface area contributed by atoms with E-state index in [0.717, 1.165) is 17.7 Å². The van der Waals surface area contributed by atoms with E-state index in [4.69, 9.17) is 19.7 Å². The van der Waals surface area contributed by atoms with Gasteiger partial charge in [0.1, 0.15) is 11.5 Å². The molecule has 9 nitrogen and oxygen atoms in total. The third-order valence-corrected chi connectivity index (χ3v) is 4.52. The van der Waals surface area contributed by atoms with Crippen molar-refractivity contribution >= 4 is 11.9 Å². The smallest absolute Gasteiger partial charge is 0.328 e. The Morgan fingerprint density at radius 1 is 1.03 bits per heavy atom. The standard InChI is InChI=1S/C20H27NO4.C4H4O4/c1-14(10-15-4-7-18(25-3)8-5-15)21-12-20(23)16-6-9-19(22)17(11-16)13-24-2;5-3(6)1-2-4(7)8/h4-9,11,14,20-23H,10,12-13H2,1-3H3;1-2H,(H,5,6)(H,7,8). The quantitative estimate of drug-likeness (QED) is 0.319. The lowest BCUT2D eigenvalue weighted by Crippen LogP contribution is -2.32. The first-order valence-corrected chi connectivity index (χ1v) is 10.1. The average Bonchev–Trinajstić information content (AvgIpc) is 2.78. The molecule has 2 unspecified atom stereocenters. The van der Waals surface area contributed by atoms with E-state index < -0.39 is 18.0 Å². The molecule has 0 saturated carbocycles. The number of phenols is 1. The number of rotatable bonds is 11. The maximum Gasteiger partial charge on any atom is 0.328 e. The van der Waals surface area contributed by atoms with E-state index in [1.807, 2.05) is 24.3 Å². The van der Waals surface area contributed by atoms with Gasteiger partial charge < -0.3 is 35.2 Å². The van der Waals surface area contributed by atoms with E-state index in [9.17, 15) is 19.8 Å². The summed E-state index contributed by atoms with van der Waals surface area (Å²) in [7, 11) is 3.23. The third kappa shape index (κ3) is 11.2. The van der Waals surface area contributed by atoms with Crippen LogP contribution in [0.25, 0.3) is 0 Å². The lowest BCUT2D eigenvalue weighted by atomic mass is 10.0. The summed E-state index contributed by atoms with van der Waals surface area (Å²) >= 11 is 0. The van der Waals surface area contributed by atoms with Crippen LogP contribution >= 0.6 is 0 Å². The number of phenolic OH excluding ortho intramolecular Hbond substituents is 1. The van der Waals surface area contributed by atoms with Gasteiger partial charge in [-0.05, 0) is 48.7 Å². The van der Waals surface area contributed by atoms with E-state index in [1.165, 1.54) is 5.56 Å². The third-order valence-electron chi connectivity index (χ3n) is 4.52. The van der Waals surface area contributed by atoms with Gasteiger partial charge in [0.15, 0.2) is 0 Å². The maximum atomic E-state index is 10.4. The van der Waals surface area contributed by atoms with Crippen molar-refractivity contribution in [3.05, 3.63) is 71.3 Å². The van der Waals surface area contributed by atoms with Gasteiger partial charge in [-0.25, -0.2) is 9.59 Å². The minimum atomic E-state index is -1.26. The van der Waals surface area contributed by atoms with Crippen LogP contribution in [0.15, 0.2) is 54.6 Å². The number of ether oxygens (including phenoxy) is 2. The highest BCUT2D eigenvalue weighted by atomic mass is 16.5. The van der Waals surface area contributed by atoms with Crippen molar-refractivity contribution in [1.82, 2.24) is 5.32 Å². The summed E-state index contributed by atoms with van der Waals surface area (Å²) in [5.41, 5.74) is 2.64. The molecule has 0 heterocycles. The van der Waals surface area contributed by atoms with Crippen LogP contribution in [0.2, 0.25) is 0 Å². The van der Waals surface area contributed by atoms with Crippen molar-refractivity contribution in [3.63, 3.8) is 0 Å². The molecule has 2 aromatic carbocycles. The van der Waals surface area contributed by atoms with Gasteiger partial charge in [-0.15, -0.1) is 0 Å². The Morgan fingerprint density at radius 3 is 2.15 bits per heavy atom. The summed E-state index contributed by atoms with van der Waals surface area (Å²) in [5, 5.41) is 39.1. The molecule has 0 saturated heterocycles. The molecule has 5 N–H and O–H groups in total. The number of aliphatic hydroxyl groups is 1. The molecule has 0 aliphatic heterocycles. The van der Waals surface area contributed by atoms with Crippen LogP contribution < -0.4 is 10.1 Å². The largest absolute Gasteiger partial charge is 0.508 e. The Bertz CT molecular complexity index is 895. The fraction of sp³-hybridized carbons (Fsp3) is 0.333. The Balaban J connectivity index is 0.000000582. The number of carboxylic acid groups (broad SMARTS) is 2. The number of benzene rings is 2. The number of hydrogen-bond acceptors (Lipinski definition) is 7. The number of carboxylic acids is 2.